The van der Waals surface area contributed by atoms with Crippen LogP contribution in [0.5, 0.6) is 11.6 Å². The molecule has 0 radical (unpaired) electrons. The van der Waals surface area contributed by atoms with Crippen molar-refractivity contribution in [1.29, 1.82) is 0 Å². The molecular weight excluding hydrogens is 286 g/mol. The summed E-state index contributed by atoms with van der Waals surface area (Å²) >= 11 is 5.25. The highest BCUT2D eigenvalue weighted by molar-refractivity contribution is 7.80. The standard InChI is InChI=1S/C15H17N3O2S/c1-19-13-5-3-4-11(8-13)9-17-15(21)18-12-6-7-14(20-2)16-10-12/h3-8,10H,9H2,1-2H3,(H2,17,18,21). The fourth-order valence-corrected chi connectivity index (χ4v) is 1.91. The lowest BCUT2D eigenvalue weighted by molar-refractivity contribution is 0.398. The number of rotatable bonds is 5. The van der Waals surface area contributed by atoms with E-state index in [9.17, 15) is 0 Å². The maximum absolute atomic E-state index is 5.25. The fraction of sp³-hybridized carbons (Fsp3) is 0.200. The molecule has 0 unspecified atom stereocenters. The van der Waals surface area contributed by atoms with Crippen LogP contribution in [0.4, 0.5) is 5.69 Å². The van der Waals surface area contributed by atoms with Crippen molar-refractivity contribution in [3.05, 3.63) is 48.2 Å². The second kappa shape index (κ2) is 7.44. The number of pyridine rings is 1. The molecule has 0 bridgehead atoms. The second-order valence-corrected chi connectivity index (χ2v) is 4.66. The first kappa shape index (κ1) is 15.1. The molecule has 0 amide bonds. The van der Waals surface area contributed by atoms with Crippen LogP contribution in [-0.2, 0) is 6.54 Å². The number of anilines is 1. The molecule has 0 saturated heterocycles. The van der Waals surface area contributed by atoms with E-state index in [-0.39, 0.29) is 0 Å². The molecule has 5 nitrogen and oxygen atoms in total. The van der Waals surface area contributed by atoms with E-state index in [0.29, 0.717) is 17.5 Å². The summed E-state index contributed by atoms with van der Waals surface area (Å²) in [5, 5.41) is 6.73. The first-order valence-electron chi connectivity index (χ1n) is 6.39. The Morgan fingerprint density at radius 3 is 2.71 bits per heavy atom. The van der Waals surface area contributed by atoms with Crippen LogP contribution in [0, 0.1) is 0 Å². The van der Waals surface area contributed by atoms with E-state index in [4.69, 9.17) is 21.7 Å². The Labute approximate surface area is 129 Å². The van der Waals surface area contributed by atoms with E-state index in [1.165, 1.54) is 0 Å². The van der Waals surface area contributed by atoms with Crippen LogP contribution in [0.25, 0.3) is 0 Å². The zero-order valence-corrected chi connectivity index (χ0v) is 12.7. The molecule has 110 valence electrons. The number of methoxy groups -OCH3 is 2. The summed E-state index contributed by atoms with van der Waals surface area (Å²) in [5.74, 6) is 1.39. The van der Waals surface area contributed by atoms with E-state index < -0.39 is 0 Å². The molecule has 0 aliphatic rings. The molecule has 2 N–H and O–H groups in total. The van der Waals surface area contributed by atoms with Crippen LogP contribution in [0.3, 0.4) is 0 Å². The van der Waals surface area contributed by atoms with Crippen molar-refractivity contribution in [2.75, 3.05) is 19.5 Å². The molecule has 0 saturated carbocycles. The number of nitrogens with one attached hydrogen (secondary N) is 2. The van der Waals surface area contributed by atoms with Crippen LogP contribution < -0.4 is 20.1 Å². The van der Waals surface area contributed by atoms with E-state index in [1.54, 1.807) is 26.5 Å². The van der Waals surface area contributed by atoms with Crippen molar-refractivity contribution < 1.29 is 9.47 Å². The number of ether oxygens (including phenoxy) is 2. The molecule has 6 heteroatoms. The van der Waals surface area contributed by atoms with Crippen molar-refractivity contribution >= 4 is 23.0 Å². The van der Waals surface area contributed by atoms with Gasteiger partial charge in [-0.25, -0.2) is 4.98 Å². The van der Waals surface area contributed by atoms with Gasteiger partial charge in [0.05, 0.1) is 26.1 Å². The third kappa shape index (κ3) is 4.61. The third-order valence-corrected chi connectivity index (χ3v) is 3.04. The van der Waals surface area contributed by atoms with E-state index >= 15 is 0 Å². The molecule has 1 aromatic heterocycles. The van der Waals surface area contributed by atoms with Crippen LogP contribution in [-0.4, -0.2) is 24.3 Å². The Morgan fingerprint density at radius 2 is 2.05 bits per heavy atom. The average molecular weight is 303 g/mol. The van der Waals surface area contributed by atoms with E-state index in [1.807, 2.05) is 30.3 Å². The number of nitrogens with zero attached hydrogens (tertiary/aromatic N) is 1. The lowest BCUT2D eigenvalue weighted by Crippen LogP contribution is -2.27. The first-order valence-corrected chi connectivity index (χ1v) is 6.80. The molecule has 0 aliphatic carbocycles. The predicted octanol–water partition coefficient (Wildman–Crippen LogP) is 2.59. The minimum Gasteiger partial charge on any atom is -0.497 e. The predicted molar refractivity (Wildman–Crippen MR) is 86.8 cm³/mol. The summed E-state index contributed by atoms with van der Waals surface area (Å²) < 4.78 is 10.2. The smallest absolute Gasteiger partial charge is 0.213 e. The monoisotopic (exact) mass is 303 g/mol. The van der Waals surface area contributed by atoms with Gasteiger partial charge in [0, 0.05) is 12.6 Å². The van der Waals surface area contributed by atoms with Crippen molar-refractivity contribution in [2.24, 2.45) is 0 Å². The van der Waals surface area contributed by atoms with Gasteiger partial charge in [0.25, 0.3) is 0 Å². The van der Waals surface area contributed by atoms with Crippen LogP contribution in [0.2, 0.25) is 0 Å². The van der Waals surface area contributed by atoms with Gasteiger partial charge in [-0.15, -0.1) is 0 Å². The maximum Gasteiger partial charge on any atom is 0.213 e. The van der Waals surface area contributed by atoms with Crippen LogP contribution in [0.15, 0.2) is 42.6 Å². The maximum atomic E-state index is 5.25. The van der Waals surface area contributed by atoms with Crippen molar-refractivity contribution in [3.63, 3.8) is 0 Å². The Hall–Kier alpha value is -2.34. The molecular formula is C15H17N3O2S. The quantitative estimate of drug-likeness (QED) is 0.828. The van der Waals surface area contributed by atoms with E-state index in [0.717, 1.165) is 17.0 Å². The molecule has 0 fully saturated rings. The normalized spacial score (nSPS) is 9.81. The minimum absolute atomic E-state index is 0.532. The third-order valence-electron chi connectivity index (χ3n) is 2.79. The largest absolute Gasteiger partial charge is 0.497 e. The Kier molecular flexibility index (Phi) is 5.34. The zero-order chi connectivity index (χ0) is 15.1. The summed E-state index contributed by atoms with van der Waals surface area (Å²) in [5.41, 5.74) is 1.89. The van der Waals surface area contributed by atoms with Crippen molar-refractivity contribution in [1.82, 2.24) is 10.3 Å². The number of benzene rings is 1. The first-order chi connectivity index (χ1) is 10.2. The molecule has 2 aromatic rings. The highest BCUT2D eigenvalue weighted by Crippen LogP contribution is 2.13. The lowest BCUT2D eigenvalue weighted by atomic mass is 10.2. The number of hydrogen-bond donors (Lipinski definition) is 2. The zero-order valence-electron chi connectivity index (χ0n) is 11.9. The molecule has 2 rings (SSSR count). The number of aromatic nitrogens is 1. The molecule has 1 heterocycles. The van der Waals surface area contributed by atoms with Gasteiger partial charge >= 0.3 is 0 Å². The molecule has 1 aromatic carbocycles. The summed E-state index contributed by atoms with van der Waals surface area (Å²) in [6.07, 6.45) is 1.67. The molecule has 0 spiro atoms. The summed E-state index contributed by atoms with van der Waals surface area (Å²) in [4.78, 5) is 4.10. The Morgan fingerprint density at radius 1 is 1.19 bits per heavy atom. The minimum atomic E-state index is 0.532. The van der Waals surface area contributed by atoms with Gasteiger partial charge in [0.1, 0.15) is 5.75 Å². The second-order valence-electron chi connectivity index (χ2n) is 4.25. The number of thiocarbonyl (C=S) groups is 1. The number of hydrogen-bond acceptors (Lipinski definition) is 4. The molecule has 21 heavy (non-hydrogen) atoms. The topological polar surface area (TPSA) is 55.4 Å². The Bertz CT molecular complexity index is 602. The Balaban J connectivity index is 1.86. The van der Waals surface area contributed by atoms with Gasteiger partial charge in [-0.1, -0.05) is 12.1 Å². The van der Waals surface area contributed by atoms with E-state index in [2.05, 4.69) is 15.6 Å². The summed E-state index contributed by atoms with van der Waals surface area (Å²) in [6.45, 7) is 0.618. The summed E-state index contributed by atoms with van der Waals surface area (Å²) in [6, 6.07) is 11.4. The van der Waals surface area contributed by atoms with Crippen molar-refractivity contribution in [3.8, 4) is 11.6 Å². The highest BCUT2D eigenvalue weighted by atomic mass is 32.1. The van der Waals surface area contributed by atoms with Crippen LogP contribution >= 0.6 is 12.2 Å². The fourth-order valence-electron chi connectivity index (χ4n) is 1.72. The highest BCUT2D eigenvalue weighted by Gasteiger charge is 2.00. The van der Waals surface area contributed by atoms with Gasteiger partial charge in [0.2, 0.25) is 5.88 Å². The van der Waals surface area contributed by atoms with Gasteiger partial charge < -0.3 is 20.1 Å². The van der Waals surface area contributed by atoms with Gasteiger partial charge in [-0.05, 0) is 36.0 Å². The summed E-state index contributed by atoms with van der Waals surface area (Å²) in [7, 11) is 3.23. The van der Waals surface area contributed by atoms with Crippen molar-refractivity contribution in [2.45, 2.75) is 6.54 Å². The lowest BCUT2D eigenvalue weighted by Gasteiger charge is -2.11. The van der Waals surface area contributed by atoms with Gasteiger partial charge in [0.15, 0.2) is 5.11 Å². The van der Waals surface area contributed by atoms with Gasteiger partial charge in [-0.2, -0.15) is 0 Å². The average Bonchev–Trinajstić information content (AvgIpc) is 2.54. The molecule has 0 aliphatic heterocycles. The molecule has 0 atom stereocenters. The van der Waals surface area contributed by atoms with Crippen LogP contribution in [0.1, 0.15) is 5.56 Å². The SMILES string of the molecule is COc1cccc(CNC(=S)Nc2ccc(OC)nc2)c1. The van der Waals surface area contributed by atoms with Gasteiger partial charge in [-0.3, -0.25) is 0 Å².